The molecule has 0 spiro atoms. The summed E-state index contributed by atoms with van der Waals surface area (Å²) in [5, 5.41) is 7.65. The SMILES string of the molecule is [2H]c1c([2H])c([2H])c(-c2nnc(Br)cc2Br)c([2H])c1[2H]. The van der Waals surface area contributed by atoms with Gasteiger partial charge in [-0.05, 0) is 37.9 Å². The van der Waals surface area contributed by atoms with Gasteiger partial charge in [0.25, 0.3) is 0 Å². The van der Waals surface area contributed by atoms with E-state index in [0.29, 0.717) is 9.08 Å². The number of hydrogen-bond donors (Lipinski definition) is 0. The second kappa shape index (κ2) is 4.19. The molecule has 0 aliphatic rings. The van der Waals surface area contributed by atoms with Crippen molar-refractivity contribution >= 4 is 31.9 Å². The normalized spacial score (nSPS) is 15.1. The lowest BCUT2D eigenvalue weighted by molar-refractivity contribution is 1.00. The Morgan fingerprint density at radius 3 is 2.43 bits per heavy atom. The average Bonchev–Trinajstić information content (AvgIpc) is 2.37. The summed E-state index contributed by atoms with van der Waals surface area (Å²) >= 11 is 6.40. The molecule has 0 saturated carbocycles. The minimum Gasteiger partial charge on any atom is -0.148 e. The zero-order chi connectivity index (χ0) is 14.3. The van der Waals surface area contributed by atoms with Gasteiger partial charge in [-0.25, -0.2) is 0 Å². The fraction of sp³-hybridized carbons (Fsp3) is 0. The molecule has 14 heavy (non-hydrogen) atoms. The molecule has 0 aliphatic carbocycles. The Hall–Kier alpha value is -0.740. The number of aromatic nitrogens is 2. The van der Waals surface area contributed by atoms with Crippen molar-refractivity contribution in [1.29, 1.82) is 0 Å². The quantitative estimate of drug-likeness (QED) is 0.801. The van der Waals surface area contributed by atoms with E-state index in [2.05, 4.69) is 42.1 Å². The molecule has 0 saturated heterocycles. The molecule has 0 fully saturated rings. The van der Waals surface area contributed by atoms with Gasteiger partial charge in [0, 0.05) is 10.0 Å². The molecule has 0 radical (unpaired) electrons. The van der Waals surface area contributed by atoms with Crippen molar-refractivity contribution in [3.8, 4) is 11.3 Å². The lowest BCUT2D eigenvalue weighted by atomic mass is 10.1. The maximum atomic E-state index is 7.85. The van der Waals surface area contributed by atoms with E-state index in [9.17, 15) is 0 Å². The van der Waals surface area contributed by atoms with Gasteiger partial charge in [0.1, 0.15) is 10.3 Å². The van der Waals surface area contributed by atoms with Gasteiger partial charge < -0.3 is 0 Å². The summed E-state index contributed by atoms with van der Waals surface area (Å²) in [5.74, 6) is 0. The Morgan fingerprint density at radius 1 is 1.07 bits per heavy atom. The third kappa shape index (κ3) is 2.01. The van der Waals surface area contributed by atoms with E-state index in [1.54, 1.807) is 6.07 Å². The van der Waals surface area contributed by atoms with Crippen molar-refractivity contribution in [3.63, 3.8) is 0 Å². The molecule has 2 nitrogen and oxygen atoms in total. The van der Waals surface area contributed by atoms with Crippen LogP contribution in [-0.4, -0.2) is 10.2 Å². The first-order valence-electron chi connectivity index (χ1n) is 6.10. The molecule has 0 amide bonds. The number of benzene rings is 1. The highest BCUT2D eigenvalue weighted by molar-refractivity contribution is 9.11. The topological polar surface area (TPSA) is 25.8 Å². The molecular weight excluding hydrogens is 308 g/mol. The summed E-state index contributed by atoms with van der Waals surface area (Å²) in [4.78, 5) is 0. The Balaban J connectivity index is 2.83. The van der Waals surface area contributed by atoms with E-state index >= 15 is 0 Å². The minimum atomic E-state index is -0.431. The first kappa shape index (κ1) is 5.37. The van der Waals surface area contributed by atoms with E-state index in [-0.39, 0.29) is 23.3 Å². The van der Waals surface area contributed by atoms with Gasteiger partial charge in [-0.1, -0.05) is 30.2 Å². The van der Waals surface area contributed by atoms with Gasteiger partial charge in [0.15, 0.2) is 0 Å². The highest BCUT2D eigenvalue weighted by Crippen LogP contribution is 2.26. The zero-order valence-electron chi connectivity index (χ0n) is 11.7. The van der Waals surface area contributed by atoms with Crippen LogP contribution in [0.4, 0.5) is 0 Å². The van der Waals surface area contributed by atoms with Crippen molar-refractivity contribution in [3.05, 3.63) is 45.4 Å². The van der Waals surface area contributed by atoms with Crippen LogP contribution in [0.25, 0.3) is 11.3 Å². The second-order valence-corrected chi connectivity index (χ2v) is 4.03. The highest BCUT2D eigenvalue weighted by Gasteiger charge is 2.05. The molecule has 4 heteroatoms. The van der Waals surface area contributed by atoms with Crippen molar-refractivity contribution < 1.29 is 6.85 Å². The first-order valence-corrected chi connectivity index (χ1v) is 5.19. The zero-order valence-corrected chi connectivity index (χ0v) is 9.90. The molecule has 2 aromatic rings. The van der Waals surface area contributed by atoms with Crippen LogP contribution in [0, 0.1) is 0 Å². The molecule has 0 bridgehead atoms. The maximum absolute atomic E-state index is 7.85. The Labute approximate surface area is 106 Å². The van der Waals surface area contributed by atoms with Crippen LogP contribution in [0.2, 0.25) is 0 Å². The van der Waals surface area contributed by atoms with E-state index in [0.717, 1.165) is 0 Å². The Morgan fingerprint density at radius 2 is 1.79 bits per heavy atom. The van der Waals surface area contributed by atoms with E-state index in [1.165, 1.54) is 0 Å². The molecule has 1 aromatic heterocycles. The molecule has 2 rings (SSSR count). The molecule has 0 aliphatic heterocycles. The van der Waals surface area contributed by atoms with Crippen LogP contribution >= 0.6 is 31.9 Å². The van der Waals surface area contributed by atoms with Crippen LogP contribution < -0.4 is 0 Å². The predicted octanol–water partition coefficient (Wildman–Crippen LogP) is 3.67. The van der Waals surface area contributed by atoms with Crippen LogP contribution in [0.15, 0.2) is 45.4 Å². The number of nitrogens with zero attached hydrogens (tertiary/aromatic N) is 2. The average molecular weight is 319 g/mol. The summed E-state index contributed by atoms with van der Waals surface area (Å²) in [6, 6.07) is -0.227. The van der Waals surface area contributed by atoms with Crippen molar-refractivity contribution in [2.24, 2.45) is 0 Å². The fourth-order valence-corrected chi connectivity index (χ4v) is 1.99. The Bertz CT molecular complexity index is 648. The molecule has 70 valence electrons. The molecular formula is C10H6Br2N2. The maximum Gasteiger partial charge on any atom is 0.129 e. The van der Waals surface area contributed by atoms with E-state index in [4.69, 9.17) is 6.85 Å². The summed E-state index contributed by atoms with van der Waals surface area (Å²) in [7, 11) is 0. The van der Waals surface area contributed by atoms with Gasteiger partial charge in [0.05, 0.1) is 6.85 Å². The molecule has 1 aromatic carbocycles. The number of rotatable bonds is 1. The van der Waals surface area contributed by atoms with Gasteiger partial charge >= 0.3 is 0 Å². The summed E-state index contributed by atoms with van der Waals surface area (Å²) in [6.07, 6.45) is 0. The molecule has 0 N–H and O–H groups in total. The third-order valence-electron chi connectivity index (χ3n) is 1.45. The largest absolute Gasteiger partial charge is 0.148 e. The van der Waals surface area contributed by atoms with Crippen molar-refractivity contribution in [2.75, 3.05) is 0 Å². The Kier molecular flexibility index (Phi) is 1.61. The van der Waals surface area contributed by atoms with E-state index in [1.807, 2.05) is 0 Å². The second-order valence-electron chi connectivity index (χ2n) is 2.36. The van der Waals surface area contributed by atoms with Crippen LogP contribution in [0.3, 0.4) is 0 Å². The highest BCUT2D eigenvalue weighted by atomic mass is 79.9. The lowest BCUT2D eigenvalue weighted by Gasteiger charge is -2.01. The summed E-state index contributed by atoms with van der Waals surface area (Å²) in [6.45, 7) is 0. The number of hydrogen-bond acceptors (Lipinski definition) is 2. The smallest absolute Gasteiger partial charge is 0.129 e. The predicted molar refractivity (Wildman–Crippen MR) is 62.9 cm³/mol. The monoisotopic (exact) mass is 317 g/mol. The minimum absolute atomic E-state index is 0.0258. The van der Waals surface area contributed by atoms with Crippen LogP contribution in [0.5, 0.6) is 0 Å². The molecule has 1 heterocycles. The fourth-order valence-electron chi connectivity index (χ4n) is 0.885. The van der Waals surface area contributed by atoms with Crippen molar-refractivity contribution in [1.82, 2.24) is 10.2 Å². The lowest BCUT2D eigenvalue weighted by Crippen LogP contribution is -1.89. The molecule has 0 atom stereocenters. The first-order chi connectivity index (χ1) is 8.84. The van der Waals surface area contributed by atoms with Crippen molar-refractivity contribution in [2.45, 2.75) is 0 Å². The van der Waals surface area contributed by atoms with Gasteiger partial charge in [-0.15, -0.1) is 10.2 Å². The summed E-state index contributed by atoms with van der Waals surface area (Å²) in [5.41, 5.74) is 0.234. The standard InChI is InChI=1S/C10H6Br2N2/c11-8-6-9(12)13-14-10(8)7-4-2-1-3-5-7/h1-6H/i1D,2D,3D,4D,5D. The third-order valence-corrected chi connectivity index (χ3v) is 2.45. The number of halogens is 2. The van der Waals surface area contributed by atoms with Gasteiger partial charge in [-0.2, -0.15) is 0 Å². The van der Waals surface area contributed by atoms with Crippen LogP contribution in [-0.2, 0) is 0 Å². The summed E-state index contributed by atoms with van der Waals surface area (Å²) < 4.78 is 39.4. The molecule has 0 unspecified atom stereocenters. The van der Waals surface area contributed by atoms with Gasteiger partial charge in [0.2, 0.25) is 0 Å². The van der Waals surface area contributed by atoms with Gasteiger partial charge in [-0.3, -0.25) is 0 Å². The van der Waals surface area contributed by atoms with E-state index < -0.39 is 18.1 Å². The van der Waals surface area contributed by atoms with Crippen LogP contribution in [0.1, 0.15) is 6.85 Å².